The van der Waals surface area contributed by atoms with Crippen molar-refractivity contribution in [2.24, 2.45) is 0 Å². The molecule has 0 saturated carbocycles. The first-order valence-electron chi connectivity index (χ1n) is 4.16. The lowest BCUT2D eigenvalue weighted by molar-refractivity contribution is 0.168. The van der Waals surface area contributed by atoms with Crippen molar-refractivity contribution >= 4 is 23.4 Å². The van der Waals surface area contributed by atoms with Crippen LogP contribution >= 0.6 is 11.6 Å². The SMILES string of the molecule is CCOC(=O)Nc1cc(O)c(Cl)cc1F. The van der Waals surface area contributed by atoms with Crippen molar-refractivity contribution in [3.05, 3.63) is 23.0 Å². The first-order chi connectivity index (χ1) is 7.04. The van der Waals surface area contributed by atoms with E-state index in [1.165, 1.54) is 0 Å². The number of anilines is 1. The summed E-state index contributed by atoms with van der Waals surface area (Å²) >= 11 is 5.45. The van der Waals surface area contributed by atoms with E-state index < -0.39 is 11.9 Å². The van der Waals surface area contributed by atoms with Crippen molar-refractivity contribution in [2.75, 3.05) is 11.9 Å². The van der Waals surface area contributed by atoms with Gasteiger partial charge in [-0.25, -0.2) is 9.18 Å². The number of nitrogens with one attached hydrogen (secondary N) is 1. The molecular formula is C9H9ClFNO3. The zero-order valence-corrected chi connectivity index (χ0v) is 8.64. The fourth-order valence-electron chi connectivity index (χ4n) is 0.910. The van der Waals surface area contributed by atoms with Crippen LogP contribution in [-0.4, -0.2) is 17.8 Å². The van der Waals surface area contributed by atoms with Gasteiger partial charge in [0.2, 0.25) is 0 Å². The van der Waals surface area contributed by atoms with Gasteiger partial charge in [0.05, 0.1) is 17.3 Å². The maximum atomic E-state index is 13.2. The van der Waals surface area contributed by atoms with Crippen LogP contribution in [0.25, 0.3) is 0 Å². The van der Waals surface area contributed by atoms with Gasteiger partial charge in [-0.2, -0.15) is 0 Å². The van der Waals surface area contributed by atoms with Gasteiger partial charge >= 0.3 is 6.09 Å². The first-order valence-corrected chi connectivity index (χ1v) is 4.54. The summed E-state index contributed by atoms with van der Waals surface area (Å²) in [4.78, 5) is 10.9. The second-order valence-electron chi connectivity index (χ2n) is 2.63. The van der Waals surface area contributed by atoms with Gasteiger partial charge in [-0.3, -0.25) is 5.32 Å². The van der Waals surface area contributed by atoms with Gasteiger partial charge in [-0.05, 0) is 13.0 Å². The summed E-state index contributed by atoms with van der Waals surface area (Å²) in [5, 5.41) is 11.2. The van der Waals surface area contributed by atoms with Gasteiger partial charge in [0, 0.05) is 6.07 Å². The lowest BCUT2D eigenvalue weighted by Gasteiger charge is -2.07. The third-order valence-electron chi connectivity index (χ3n) is 1.55. The van der Waals surface area contributed by atoms with Crippen LogP contribution in [0.1, 0.15) is 6.92 Å². The number of carbonyl (C=O) groups excluding carboxylic acids is 1. The summed E-state index contributed by atoms with van der Waals surface area (Å²) < 4.78 is 17.7. The van der Waals surface area contributed by atoms with Crippen molar-refractivity contribution in [1.82, 2.24) is 0 Å². The number of hydrogen-bond acceptors (Lipinski definition) is 3. The van der Waals surface area contributed by atoms with E-state index in [4.69, 9.17) is 11.6 Å². The topological polar surface area (TPSA) is 58.6 Å². The highest BCUT2D eigenvalue weighted by atomic mass is 35.5. The number of phenols is 1. The van der Waals surface area contributed by atoms with Crippen LogP contribution in [0.3, 0.4) is 0 Å². The number of halogens is 2. The lowest BCUT2D eigenvalue weighted by Crippen LogP contribution is -2.14. The molecule has 2 N–H and O–H groups in total. The number of ether oxygens (including phenoxy) is 1. The average Bonchev–Trinajstić information content (AvgIpc) is 2.14. The van der Waals surface area contributed by atoms with Crippen LogP contribution in [0.5, 0.6) is 5.75 Å². The van der Waals surface area contributed by atoms with Crippen LogP contribution < -0.4 is 5.32 Å². The number of hydrogen-bond donors (Lipinski definition) is 2. The molecule has 0 saturated heterocycles. The number of phenolic OH excluding ortho intramolecular Hbond substituents is 1. The molecule has 4 nitrogen and oxygen atoms in total. The van der Waals surface area contributed by atoms with Gasteiger partial charge in [-0.15, -0.1) is 0 Å². The standard InChI is InChI=1S/C9H9ClFNO3/c1-2-15-9(14)12-7-4-8(13)5(10)3-6(7)11/h3-4,13H,2H2,1H3,(H,12,14). The van der Waals surface area contributed by atoms with E-state index >= 15 is 0 Å². The Morgan fingerprint density at radius 1 is 1.67 bits per heavy atom. The Morgan fingerprint density at radius 2 is 2.33 bits per heavy atom. The maximum Gasteiger partial charge on any atom is 0.411 e. The van der Waals surface area contributed by atoms with Gasteiger partial charge < -0.3 is 9.84 Å². The number of amides is 1. The van der Waals surface area contributed by atoms with Gasteiger partial charge in [0.15, 0.2) is 0 Å². The predicted octanol–water partition coefficient (Wildman–Crippen LogP) is 2.75. The zero-order chi connectivity index (χ0) is 11.4. The molecule has 0 unspecified atom stereocenters. The van der Waals surface area contributed by atoms with Crippen LogP contribution in [0.15, 0.2) is 12.1 Å². The summed E-state index contributed by atoms with van der Waals surface area (Å²) in [5.74, 6) is -1.06. The summed E-state index contributed by atoms with van der Waals surface area (Å²) in [6, 6.07) is 1.91. The van der Waals surface area contributed by atoms with E-state index in [0.717, 1.165) is 12.1 Å². The Bertz CT molecular complexity index is 384. The molecule has 0 atom stereocenters. The smallest absolute Gasteiger partial charge is 0.411 e. The van der Waals surface area contributed by atoms with Gasteiger partial charge in [0.1, 0.15) is 11.6 Å². The molecule has 0 radical (unpaired) electrons. The van der Waals surface area contributed by atoms with E-state index in [1.807, 2.05) is 0 Å². The molecule has 1 rings (SSSR count). The average molecular weight is 234 g/mol. The maximum absolute atomic E-state index is 13.2. The third kappa shape index (κ3) is 2.99. The van der Waals surface area contributed by atoms with Crippen LogP contribution in [0, 0.1) is 5.82 Å². The quantitative estimate of drug-likeness (QED) is 0.826. The van der Waals surface area contributed by atoms with Crippen molar-refractivity contribution in [2.45, 2.75) is 6.92 Å². The predicted molar refractivity (Wildman–Crippen MR) is 53.7 cm³/mol. The molecule has 0 aliphatic carbocycles. The van der Waals surface area contributed by atoms with Crippen molar-refractivity contribution in [3.63, 3.8) is 0 Å². The minimum atomic E-state index is -0.793. The highest BCUT2D eigenvalue weighted by molar-refractivity contribution is 6.32. The Labute approximate surface area is 90.6 Å². The molecule has 0 fully saturated rings. The fraction of sp³-hybridized carbons (Fsp3) is 0.222. The van der Waals surface area contributed by atoms with Crippen LogP contribution in [0.4, 0.5) is 14.9 Å². The van der Waals surface area contributed by atoms with Crippen molar-refractivity contribution in [3.8, 4) is 5.75 Å². The molecule has 15 heavy (non-hydrogen) atoms. The second-order valence-corrected chi connectivity index (χ2v) is 3.04. The fourth-order valence-corrected chi connectivity index (χ4v) is 1.06. The van der Waals surface area contributed by atoms with E-state index in [1.54, 1.807) is 6.92 Å². The Balaban J connectivity index is 2.86. The van der Waals surface area contributed by atoms with E-state index in [9.17, 15) is 14.3 Å². The second kappa shape index (κ2) is 4.84. The summed E-state index contributed by atoms with van der Waals surface area (Å²) in [5.41, 5.74) is -0.185. The minimum absolute atomic E-state index is 0.123. The molecule has 1 aromatic carbocycles. The Hall–Kier alpha value is -1.49. The molecule has 0 aromatic heterocycles. The molecule has 0 aliphatic rings. The van der Waals surface area contributed by atoms with Crippen molar-refractivity contribution in [1.29, 1.82) is 0 Å². The van der Waals surface area contributed by atoms with Gasteiger partial charge in [-0.1, -0.05) is 11.6 Å². The summed E-state index contributed by atoms with van der Waals surface area (Å²) in [6.45, 7) is 1.79. The molecule has 1 amide bonds. The molecule has 0 heterocycles. The summed E-state index contributed by atoms with van der Waals surface area (Å²) in [7, 11) is 0. The molecule has 0 spiro atoms. The minimum Gasteiger partial charge on any atom is -0.506 e. The lowest BCUT2D eigenvalue weighted by atomic mass is 10.3. The number of rotatable bonds is 2. The normalized spacial score (nSPS) is 9.80. The monoisotopic (exact) mass is 233 g/mol. The molecular weight excluding hydrogens is 225 g/mol. The van der Waals surface area contributed by atoms with Gasteiger partial charge in [0.25, 0.3) is 0 Å². The van der Waals surface area contributed by atoms with E-state index in [0.29, 0.717) is 0 Å². The number of aromatic hydroxyl groups is 1. The molecule has 82 valence electrons. The van der Waals surface area contributed by atoms with E-state index in [-0.39, 0.29) is 23.1 Å². The third-order valence-corrected chi connectivity index (χ3v) is 1.85. The van der Waals surface area contributed by atoms with E-state index in [2.05, 4.69) is 10.1 Å². The highest BCUT2D eigenvalue weighted by Crippen LogP contribution is 2.29. The number of carbonyl (C=O) groups is 1. The summed E-state index contributed by atoms with van der Waals surface area (Å²) in [6.07, 6.45) is -0.793. The molecule has 1 aromatic rings. The van der Waals surface area contributed by atoms with Crippen LogP contribution in [-0.2, 0) is 4.74 Å². The first kappa shape index (κ1) is 11.6. The van der Waals surface area contributed by atoms with Crippen molar-refractivity contribution < 1.29 is 19.0 Å². The van der Waals surface area contributed by atoms with Crippen LogP contribution in [0.2, 0.25) is 5.02 Å². The Morgan fingerprint density at radius 3 is 2.93 bits per heavy atom. The molecule has 0 bridgehead atoms. The largest absolute Gasteiger partial charge is 0.506 e. The molecule has 0 aliphatic heterocycles. The molecule has 6 heteroatoms. The Kier molecular flexibility index (Phi) is 3.74. The highest BCUT2D eigenvalue weighted by Gasteiger charge is 2.10. The zero-order valence-electron chi connectivity index (χ0n) is 7.88. The number of benzene rings is 1.